The Kier molecular flexibility index (Phi) is 3.42. The van der Waals surface area contributed by atoms with Crippen LogP contribution in [0.15, 0.2) is 30.3 Å². The molecule has 1 atom stereocenters. The van der Waals surface area contributed by atoms with E-state index in [2.05, 4.69) is 0 Å². The van der Waals surface area contributed by atoms with Gasteiger partial charge in [-0.3, -0.25) is 4.79 Å². The van der Waals surface area contributed by atoms with E-state index in [1.807, 2.05) is 25.1 Å². The van der Waals surface area contributed by atoms with Gasteiger partial charge in [-0.25, -0.2) is 0 Å². The van der Waals surface area contributed by atoms with Gasteiger partial charge in [-0.2, -0.15) is 0 Å². The fraction of sp³-hybridized carbons (Fsp3) is 0.333. The van der Waals surface area contributed by atoms with Crippen LogP contribution in [-0.2, 0) is 0 Å². The molecular formula is C12H15O2. The normalized spacial score (nSPS) is 14.8. The Morgan fingerprint density at radius 2 is 2.00 bits per heavy atom. The molecule has 2 heteroatoms. The lowest BCUT2D eigenvalue weighted by atomic mass is 9.93. The van der Waals surface area contributed by atoms with Crippen LogP contribution >= 0.6 is 0 Å². The molecule has 14 heavy (non-hydrogen) atoms. The molecule has 1 radical (unpaired) electrons. The zero-order chi connectivity index (χ0) is 10.6. The van der Waals surface area contributed by atoms with Gasteiger partial charge in [-0.1, -0.05) is 37.3 Å². The Morgan fingerprint density at radius 1 is 1.43 bits per heavy atom. The van der Waals surface area contributed by atoms with Crippen LogP contribution in [0.1, 0.15) is 30.6 Å². The van der Waals surface area contributed by atoms with E-state index in [1.54, 1.807) is 19.1 Å². The first-order valence-corrected chi connectivity index (χ1v) is 4.73. The molecule has 0 saturated heterocycles. The van der Waals surface area contributed by atoms with E-state index in [9.17, 15) is 9.90 Å². The zero-order valence-corrected chi connectivity index (χ0v) is 8.53. The van der Waals surface area contributed by atoms with Crippen LogP contribution in [0.5, 0.6) is 0 Å². The second-order valence-electron chi connectivity index (χ2n) is 3.59. The average Bonchev–Trinajstić information content (AvgIpc) is 2.19. The fourth-order valence-electron chi connectivity index (χ4n) is 1.07. The minimum atomic E-state index is -1.01. The van der Waals surface area contributed by atoms with Gasteiger partial charge in [-0.15, -0.1) is 0 Å². The SMILES string of the molecule is CCC(C)(O)[CH]C(=O)c1ccccc1. The standard InChI is InChI=1S/C12H15O2/c1-3-12(2,14)9-11(13)10-7-5-4-6-8-10/h4-9,14H,3H2,1-2H3. The highest BCUT2D eigenvalue weighted by Crippen LogP contribution is 2.15. The summed E-state index contributed by atoms with van der Waals surface area (Å²) in [5.41, 5.74) is -0.395. The number of benzene rings is 1. The smallest absolute Gasteiger partial charge is 0.169 e. The predicted octanol–water partition coefficient (Wildman–Crippen LogP) is 2.23. The predicted molar refractivity (Wildman–Crippen MR) is 56.0 cm³/mol. The summed E-state index contributed by atoms with van der Waals surface area (Å²) < 4.78 is 0. The van der Waals surface area contributed by atoms with Crippen LogP contribution in [-0.4, -0.2) is 16.5 Å². The van der Waals surface area contributed by atoms with Gasteiger partial charge in [0.1, 0.15) is 0 Å². The first-order valence-electron chi connectivity index (χ1n) is 4.73. The first kappa shape index (κ1) is 10.9. The maximum Gasteiger partial charge on any atom is 0.169 e. The number of hydrogen-bond donors (Lipinski definition) is 1. The van der Waals surface area contributed by atoms with Gasteiger partial charge in [0.2, 0.25) is 0 Å². The van der Waals surface area contributed by atoms with E-state index in [-0.39, 0.29) is 5.78 Å². The summed E-state index contributed by atoms with van der Waals surface area (Å²) >= 11 is 0. The Labute approximate surface area is 84.6 Å². The largest absolute Gasteiger partial charge is 0.389 e. The van der Waals surface area contributed by atoms with Gasteiger partial charge < -0.3 is 5.11 Å². The molecule has 0 heterocycles. The second kappa shape index (κ2) is 4.38. The monoisotopic (exact) mass is 191 g/mol. The summed E-state index contributed by atoms with van der Waals surface area (Å²) in [6.45, 7) is 3.47. The van der Waals surface area contributed by atoms with Crippen molar-refractivity contribution in [3.8, 4) is 0 Å². The van der Waals surface area contributed by atoms with Crippen molar-refractivity contribution in [1.29, 1.82) is 0 Å². The molecule has 75 valence electrons. The van der Waals surface area contributed by atoms with E-state index in [0.717, 1.165) is 0 Å². The van der Waals surface area contributed by atoms with Gasteiger partial charge in [0, 0.05) is 5.56 Å². The highest BCUT2D eigenvalue weighted by molar-refractivity contribution is 6.03. The Bertz CT molecular complexity index is 301. The lowest BCUT2D eigenvalue weighted by Crippen LogP contribution is -2.27. The first-order chi connectivity index (χ1) is 6.55. The molecule has 0 fully saturated rings. The highest BCUT2D eigenvalue weighted by Gasteiger charge is 2.22. The van der Waals surface area contributed by atoms with E-state index < -0.39 is 5.60 Å². The summed E-state index contributed by atoms with van der Waals surface area (Å²) in [7, 11) is 0. The van der Waals surface area contributed by atoms with Crippen LogP contribution < -0.4 is 0 Å². The van der Waals surface area contributed by atoms with Gasteiger partial charge in [0.05, 0.1) is 12.0 Å². The maximum atomic E-state index is 11.6. The molecular weight excluding hydrogens is 176 g/mol. The summed E-state index contributed by atoms with van der Waals surface area (Å²) in [6.07, 6.45) is 1.90. The van der Waals surface area contributed by atoms with Crippen molar-refractivity contribution in [1.82, 2.24) is 0 Å². The number of aliphatic hydroxyl groups is 1. The van der Waals surface area contributed by atoms with Gasteiger partial charge in [-0.05, 0) is 13.3 Å². The molecule has 0 aliphatic heterocycles. The molecule has 0 aromatic heterocycles. The Balaban J connectivity index is 2.69. The highest BCUT2D eigenvalue weighted by atomic mass is 16.3. The molecule has 2 nitrogen and oxygen atoms in total. The molecule has 0 saturated carbocycles. The third-order valence-corrected chi connectivity index (χ3v) is 2.22. The number of ketones is 1. The van der Waals surface area contributed by atoms with Crippen molar-refractivity contribution in [2.24, 2.45) is 0 Å². The fourth-order valence-corrected chi connectivity index (χ4v) is 1.07. The Morgan fingerprint density at radius 3 is 2.50 bits per heavy atom. The van der Waals surface area contributed by atoms with Gasteiger partial charge in [0.25, 0.3) is 0 Å². The van der Waals surface area contributed by atoms with Crippen molar-refractivity contribution < 1.29 is 9.90 Å². The van der Waals surface area contributed by atoms with Crippen molar-refractivity contribution in [2.75, 3.05) is 0 Å². The molecule has 0 aliphatic rings. The van der Waals surface area contributed by atoms with Crippen LogP contribution in [0.4, 0.5) is 0 Å². The summed E-state index contributed by atoms with van der Waals surface area (Å²) in [6, 6.07) is 8.95. The Hall–Kier alpha value is -1.15. The third-order valence-electron chi connectivity index (χ3n) is 2.22. The number of carbonyl (C=O) groups is 1. The van der Waals surface area contributed by atoms with Crippen LogP contribution in [0.3, 0.4) is 0 Å². The lowest BCUT2D eigenvalue weighted by Gasteiger charge is -2.19. The summed E-state index contributed by atoms with van der Waals surface area (Å²) in [5, 5.41) is 9.68. The number of carbonyl (C=O) groups excluding carboxylic acids is 1. The van der Waals surface area contributed by atoms with Crippen molar-refractivity contribution in [2.45, 2.75) is 25.9 Å². The molecule has 0 aliphatic carbocycles. The van der Waals surface area contributed by atoms with E-state index in [4.69, 9.17) is 0 Å². The van der Waals surface area contributed by atoms with E-state index in [0.29, 0.717) is 12.0 Å². The van der Waals surface area contributed by atoms with E-state index >= 15 is 0 Å². The van der Waals surface area contributed by atoms with E-state index in [1.165, 1.54) is 6.42 Å². The topological polar surface area (TPSA) is 37.3 Å². The van der Waals surface area contributed by atoms with Crippen LogP contribution in [0.2, 0.25) is 0 Å². The van der Waals surface area contributed by atoms with Crippen molar-refractivity contribution >= 4 is 5.78 Å². The zero-order valence-electron chi connectivity index (χ0n) is 8.53. The molecule has 0 amide bonds. The molecule has 1 N–H and O–H groups in total. The van der Waals surface area contributed by atoms with Gasteiger partial charge in [0.15, 0.2) is 5.78 Å². The van der Waals surface area contributed by atoms with Crippen molar-refractivity contribution in [3.63, 3.8) is 0 Å². The molecule has 1 aromatic carbocycles. The number of Topliss-reactive ketones (excluding diaryl/α,β-unsaturated/α-hetero) is 1. The minimum absolute atomic E-state index is 0.127. The second-order valence-corrected chi connectivity index (χ2v) is 3.59. The quantitative estimate of drug-likeness (QED) is 0.741. The molecule has 1 aromatic rings. The average molecular weight is 191 g/mol. The molecule has 1 unspecified atom stereocenters. The molecule has 0 bridgehead atoms. The molecule has 0 spiro atoms. The summed E-state index contributed by atoms with van der Waals surface area (Å²) in [5.74, 6) is -0.127. The third kappa shape index (κ3) is 2.96. The van der Waals surface area contributed by atoms with Crippen molar-refractivity contribution in [3.05, 3.63) is 42.3 Å². The number of rotatable bonds is 4. The van der Waals surface area contributed by atoms with Crippen LogP contribution in [0, 0.1) is 6.42 Å². The minimum Gasteiger partial charge on any atom is -0.389 e. The maximum absolute atomic E-state index is 11.6. The number of hydrogen-bond acceptors (Lipinski definition) is 2. The van der Waals surface area contributed by atoms with Gasteiger partial charge >= 0.3 is 0 Å². The molecule has 1 rings (SSSR count). The summed E-state index contributed by atoms with van der Waals surface area (Å²) in [4.78, 5) is 11.6. The lowest BCUT2D eigenvalue weighted by molar-refractivity contribution is 0.0736. The van der Waals surface area contributed by atoms with Crippen LogP contribution in [0.25, 0.3) is 0 Å².